The number of benzene rings is 1. The van der Waals surface area contributed by atoms with Crippen molar-refractivity contribution in [3.63, 3.8) is 0 Å². The number of rotatable bonds is 4. The molecule has 2 aromatic rings. The van der Waals surface area contributed by atoms with Crippen LogP contribution in [0.3, 0.4) is 0 Å². The number of anilines is 1. The number of amides is 1. The van der Waals surface area contributed by atoms with E-state index >= 15 is 0 Å². The molecule has 1 heterocycles. The molecule has 3 N–H and O–H groups in total. The molecule has 0 aliphatic heterocycles. The van der Waals surface area contributed by atoms with Crippen LogP contribution in [0.2, 0.25) is 0 Å². The molecule has 2 unspecified atom stereocenters. The molecule has 2 aliphatic rings. The third kappa shape index (κ3) is 3.23. The molecule has 2 saturated carbocycles. The molecule has 4 rings (SSSR count). The summed E-state index contributed by atoms with van der Waals surface area (Å²) in [5, 5.41) is 14.9. The lowest BCUT2D eigenvalue weighted by Crippen LogP contribution is -2.48. The highest BCUT2D eigenvalue weighted by molar-refractivity contribution is 5.93. The number of fused-ring (bicyclic) bond motifs is 2. The summed E-state index contributed by atoms with van der Waals surface area (Å²) < 4.78 is 1.74. The van der Waals surface area contributed by atoms with Crippen LogP contribution in [0, 0.1) is 17.8 Å². The third-order valence-electron chi connectivity index (χ3n) is 6.00. The van der Waals surface area contributed by atoms with E-state index in [1.807, 2.05) is 31.2 Å². The Kier molecular flexibility index (Phi) is 4.72. The van der Waals surface area contributed by atoms with E-state index in [0.717, 1.165) is 36.9 Å². The number of hydrogen-bond acceptors (Lipinski definition) is 5. The minimum absolute atomic E-state index is 0.0646. The van der Waals surface area contributed by atoms with Gasteiger partial charge in [-0.05, 0) is 67.0 Å². The molecule has 1 aromatic carbocycles. The lowest BCUT2D eigenvalue weighted by Gasteiger charge is -2.43. The van der Waals surface area contributed by atoms with E-state index in [9.17, 15) is 4.79 Å². The molecular formula is C19H26N6O. The van der Waals surface area contributed by atoms with Gasteiger partial charge < -0.3 is 11.1 Å². The molecule has 2 bridgehead atoms. The van der Waals surface area contributed by atoms with Crippen LogP contribution in [-0.4, -0.2) is 32.2 Å². The van der Waals surface area contributed by atoms with E-state index < -0.39 is 0 Å². The van der Waals surface area contributed by atoms with Crippen molar-refractivity contribution in [3.8, 4) is 11.4 Å². The number of aromatic nitrogens is 4. The molecule has 7 nitrogen and oxygen atoms in total. The van der Waals surface area contributed by atoms with Gasteiger partial charge in [0.05, 0.1) is 0 Å². The monoisotopic (exact) mass is 354 g/mol. The fourth-order valence-corrected chi connectivity index (χ4v) is 4.61. The predicted octanol–water partition coefficient (Wildman–Crippen LogP) is 2.45. The Morgan fingerprint density at radius 1 is 1.31 bits per heavy atom. The molecule has 138 valence electrons. The number of aryl methyl sites for hydroxylation is 1. The smallest absolute Gasteiger partial charge is 0.227 e. The van der Waals surface area contributed by atoms with E-state index in [1.54, 1.807) is 4.68 Å². The van der Waals surface area contributed by atoms with Gasteiger partial charge in [-0.1, -0.05) is 18.6 Å². The highest BCUT2D eigenvalue weighted by Crippen LogP contribution is 2.42. The van der Waals surface area contributed by atoms with Crippen molar-refractivity contribution < 1.29 is 4.79 Å². The van der Waals surface area contributed by atoms with Gasteiger partial charge in [0, 0.05) is 29.8 Å². The van der Waals surface area contributed by atoms with Crippen LogP contribution >= 0.6 is 0 Å². The first-order valence-corrected chi connectivity index (χ1v) is 9.58. The first-order valence-electron chi connectivity index (χ1n) is 9.58. The lowest BCUT2D eigenvalue weighted by atomic mass is 9.65. The quantitative estimate of drug-likeness (QED) is 0.879. The van der Waals surface area contributed by atoms with E-state index in [-0.39, 0.29) is 17.9 Å². The maximum Gasteiger partial charge on any atom is 0.227 e. The van der Waals surface area contributed by atoms with Gasteiger partial charge >= 0.3 is 0 Å². The van der Waals surface area contributed by atoms with Crippen molar-refractivity contribution in [2.24, 2.45) is 23.5 Å². The van der Waals surface area contributed by atoms with E-state index in [4.69, 9.17) is 5.73 Å². The zero-order chi connectivity index (χ0) is 18.1. The summed E-state index contributed by atoms with van der Waals surface area (Å²) in [6, 6.07) is 8.01. The maximum absolute atomic E-state index is 12.8. The summed E-state index contributed by atoms with van der Waals surface area (Å²) in [6.45, 7) is 2.69. The molecule has 2 aliphatic carbocycles. The fourth-order valence-electron chi connectivity index (χ4n) is 4.61. The third-order valence-corrected chi connectivity index (χ3v) is 6.00. The van der Waals surface area contributed by atoms with Crippen LogP contribution in [0.25, 0.3) is 11.4 Å². The first kappa shape index (κ1) is 17.1. The van der Waals surface area contributed by atoms with Crippen LogP contribution in [-0.2, 0) is 11.3 Å². The Hall–Kier alpha value is -2.28. The van der Waals surface area contributed by atoms with Crippen LogP contribution < -0.4 is 11.1 Å². The Morgan fingerprint density at radius 3 is 2.81 bits per heavy atom. The predicted molar refractivity (Wildman–Crippen MR) is 99.1 cm³/mol. The molecule has 7 heteroatoms. The van der Waals surface area contributed by atoms with Gasteiger partial charge in [-0.3, -0.25) is 4.79 Å². The van der Waals surface area contributed by atoms with Gasteiger partial charge in [0.1, 0.15) is 0 Å². The summed E-state index contributed by atoms with van der Waals surface area (Å²) >= 11 is 0. The van der Waals surface area contributed by atoms with Crippen LogP contribution in [0.15, 0.2) is 24.3 Å². The molecule has 2 atom stereocenters. The Balaban J connectivity index is 1.47. The van der Waals surface area contributed by atoms with Crippen molar-refractivity contribution in [2.75, 3.05) is 5.32 Å². The molecule has 2 fully saturated rings. The second-order valence-corrected chi connectivity index (χ2v) is 7.59. The second-order valence-electron chi connectivity index (χ2n) is 7.59. The van der Waals surface area contributed by atoms with Gasteiger partial charge in [-0.25, -0.2) is 4.68 Å². The highest BCUT2D eigenvalue weighted by atomic mass is 16.1. The van der Waals surface area contributed by atoms with Gasteiger partial charge in [0.25, 0.3) is 0 Å². The van der Waals surface area contributed by atoms with Crippen LogP contribution in [0.5, 0.6) is 0 Å². The number of nitrogens with one attached hydrogen (secondary N) is 1. The molecule has 26 heavy (non-hydrogen) atoms. The molecule has 1 aromatic heterocycles. The van der Waals surface area contributed by atoms with Gasteiger partial charge in [-0.15, -0.1) is 5.10 Å². The largest absolute Gasteiger partial charge is 0.327 e. The minimum atomic E-state index is 0.0646. The van der Waals surface area contributed by atoms with Crippen molar-refractivity contribution in [2.45, 2.75) is 51.6 Å². The number of carbonyl (C=O) groups is 1. The van der Waals surface area contributed by atoms with Gasteiger partial charge in [-0.2, -0.15) is 0 Å². The summed E-state index contributed by atoms with van der Waals surface area (Å²) in [5.41, 5.74) is 8.04. The molecule has 1 amide bonds. The zero-order valence-electron chi connectivity index (χ0n) is 15.1. The first-order chi connectivity index (χ1) is 12.7. The topological polar surface area (TPSA) is 98.7 Å². The fraction of sp³-hybridized carbons (Fsp3) is 0.579. The van der Waals surface area contributed by atoms with Crippen molar-refractivity contribution in [1.82, 2.24) is 20.2 Å². The normalized spacial score (nSPS) is 27.9. The van der Waals surface area contributed by atoms with Crippen molar-refractivity contribution >= 4 is 11.6 Å². The number of carbonyl (C=O) groups excluding carboxylic acids is 1. The van der Waals surface area contributed by atoms with E-state index in [0.29, 0.717) is 24.2 Å². The zero-order valence-corrected chi connectivity index (χ0v) is 15.1. The Morgan fingerprint density at radius 2 is 2.08 bits per heavy atom. The maximum atomic E-state index is 12.8. The van der Waals surface area contributed by atoms with E-state index in [1.165, 1.54) is 6.42 Å². The second kappa shape index (κ2) is 7.15. The summed E-state index contributed by atoms with van der Waals surface area (Å²) in [6.07, 6.45) is 5.41. The highest BCUT2D eigenvalue weighted by Gasteiger charge is 2.40. The number of tetrazole rings is 1. The van der Waals surface area contributed by atoms with Crippen LogP contribution in [0.1, 0.15) is 39.0 Å². The average Bonchev–Trinajstić information content (AvgIpc) is 3.10. The number of nitrogens with zero attached hydrogens (tertiary/aromatic N) is 4. The van der Waals surface area contributed by atoms with Gasteiger partial charge in [0.2, 0.25) is 5.91 Å². The molecule has 0 radical (unpaired) electrons. The van der Waals surface area contributed by atoms with Crippen molar-refractivity contribution in [1.29, 1.82) is 0 Å². The van der Waals surface area contributed by atoms with Crippen molar-refractivity contribution in [3.05, 3.63) is 24.3 Å². The summed E-state index contributed by atoms with van der Waals surface area (Å²) in [4.78, 5) is 12.8. The van der Waals surface area contributed by atoms with Crippen LogP contribution in [0.4, 0.5) is 5.69 Å². The number of hydrogen-bond donors (Lipinski definition) is 2. The Labute approximate surface area is 153 Å². The summed E-state index contributed by atoms with van der Waals surface area (Å²) in [7, 11) is 0. The van der Waals surface area contributed by atoms with Gasteiger partial charge in [0.15, 0.2) is 5.82 Å². The summed E-state index contributed by atoms with van der Waals surface area (Å²) in [5.74, 6) is 1.88. The standard InChI is InChI=1S/C19H26N6O/c1-2-25-18(22-23-24-25)14-7-4-8-16(11-14)21-19(26)15-9-12-5-3-6-13(10-15)17(12)20/h4,7-8,11-13,15,17H,2-3,5-6,9-10,20H2,1H3,(H,21,26). The molecule has 0 spiro atoms. The minimum Gasteiger partial charge on any atom is -0.327 e. The average molecular weight is 354 g/mol. The lowest BCUT2D eigenvalue weighted by molar-refractivity contribution is -0.122. The SMILES string of the molecule is CCn1nnnc1-c1cccc(NC(=O)C2CC3CCCC(C2)C3N)c1. The Bertz CT molecular complexity index is 774. The molecule has 0 saturated heterocycles. The molecular weight excluding hydrogens is 328 g/mol. The number of nitrogens with two attached hydrogens (primary N) is 1. The van der Waals surface area contributed by atoms with E-state index in [2.05, 4.69) is 20.8 Å².